The van der Waals surface area contributed by atoms with E-state index in [-0.39, 0.29) is 16.7 Å². The van der Waals surface area contributed by atoms with Crippen LogP contribution in [0.5, 0.6) is 5.75 Å². The molecule has 0 radical (unpaired) electrons. The van der Waals surface area contributed by atoms with Gasteiger partial charge in [0.05, 0.1) is 30.2 Å². The Morgan fingerprint density at radius 2 is 2.26 bits per heavy atom. The molecule has 0 spiro atoms. The van der Waals surface area contributed by atoms with E-state index >= 15 is 0 Å². The van der Waals surface area contributed by atoms with Crippen molar-refractivity contribution >= 4 is 23.8 Å². The quantitative estimate of drug-likeness (QED) is 0.880. The summed E-state index contributed by atoms with van der Waals surface area (Å²) in [6.07, 6.45) is 3.10. The monoisotopic (exact) mass is 282 g/mol. The number of methoxy groups -OCH3 is 1. The van der Waals surface area contributed by atoms with Crippen molar-refractivity contribution in [1.29, 1.82) is 0 Å². The highest BCUT2D eigenvalue weighted by atomic mass is 35.5. The van der Waals surface area contributed by atoms with Crippen molar-refractivity contribution in [2.45, 2.75) is 6.92 Å². The number of nitrogens with zero attached hydrogens (tertiary/aromatic N) is 3. The fraction of sp³-hybridized carbons (Fsp3) is 0.167. The maximum Gasteiger partial charge on any atom is 0.221 e. The molecule has 0 bridgehead atoms. The average molecular weight is 283 g/mol. The van der Waals surface area contributed by atoms with E-state index in [0.29, 0.717) is 5.56 Å². The van der Waals surface area contributed by atoms with Crippen molar-refractivity contribution < 1.29 is 9.13 Å². The molecule has 0 unspecified atom stereocenters. The normalized spacial score (nSPS) is 11.2. The number of benzene rings is 1. The van der Waals surface area contributed by atoms with E-state index in [1.807, 2.05) is 0 Å². The van der Waals surface area contributed by atoms with Crippen LogP contribution in [0.25, 0.3) is 0 Å². The van der Waals surface area contributed by atoms with Crippen LogP contribution in [0.1, 0.15) is 11.3 Å². The topological polar surface area (TPSA) is 65.4 Å². The van der Waals surface area contributed by atoms with Crippen LogP contribution in [0.2, 0.25) is 5.02 Å². The molecule has 0 atom stereocenters. The minimum atomic E-state index is -0.550. The number of aryl methyl sites for hydroxylation is 1. The van der Waals surface area contributed by atoms with Crippen molar-refractivity contribution in [2.24, 2.45) is 5.10 Å². The van der Waals surface area contributed by atoms with Crippen LogP contribution in [-0.4, -0.2) is 23.0 Å². The molecule has 2 N–H and O–H groups in total. The SMILES string of the molecule is COc1c(F)cc(C=Nn2cc(C)nc2N)cc1Cl. The predicted octanol–water partition coefficient (Wildman–Crippen LogP) is 2.46. The Labute approximate surface area is 114 Å². The summed E-state index contributed by atoms with van der Waals surface area (Å²) in [6, 6.07) is 2.82. The highest BCUT2D eigenvalue weighted by Crippen LogP contribution is 2.28. The summed E-state index contributed by atoms with van der Waals surface area (Å²) < 4.78 is 19.8. The minimum absolute atomic E-state index is 0.0109. The number of rotatable bonds is 3. The number of anilines is 1. The van der Waals surface area contributed by atoms with Gasteiger partial charge in [-0.2, -0.15) is 5.10 Å². The van der Waals surface area contributed by atoms with Crippen molar-refractivity contribution in [2.75, 3.05) is 12.8 Å². The number of hydrogen-bond donors (Lipinski definition) is 1. The van der Waals surface area contributed by atoms with Crippen LogP contribution in [0.4, 0.5) is 10.3 Å². The zero-order valence-corrected chi connectivity index (χ0v) is 11.1. The molecule has 7 heteroatoms. The van der Waals surface area contributed by atoms with Gasteiger partial charge >= 0.3 is 0 Å². The summed E-state index contributed by atoms with van der Waals surface area (Å²) in [4.78, 5) is 3.99. The summed E-state index contributed by atoms with van der Waals surface area (Å²) >= 11 is 5.88. The summed E-state index contributed by atoms with van der Waals surface area (Å²) in [5.41, 5.74) is 6.87. The van der Waals surface area contributed by atoms with Crippen molar-refractivity contribution in [3.63, 3.8) is 0 Å². The van der Waals surface area contributed by atoms with E-state index in [0.717, 1.165) is 5.69 Å². The minimum Gasteiger partial charge on any atom is -0.492 e. The number of nitrogens with two attached hydrogens (primary N) is 1. The maximum absolute atomic E-state index is 13.6. The first-order chi connectivity index (χ1) is 9.01. The third-order valence-electron chi connectivity index (χ3n) is 2.39. The van der Waals surface area contributed by atoms with Gasteiger partial charge in [0.15, 0.2) is 11.6 Å². The lowest BCUT2D eigenvalue weighted by molar-refractivity contribution is 0.387. The lowest BCUT2D eigenvalue weighted by Gasteiger charge is -2.05. The molecule has 2 aromatic rings. The Balaban J connectivity index is 2.31. The van der Waals surface area contributed by atoms with E-state index in [1.54, 1.807) is 19.2 Å². The first-order valence-corrected chi connectivity index (χ1v) is 5.78. The van der Waals surface area contributed by atoms with Crippen LogP contribution >= 0.6 is 11.6 Å². The molecule has 5 nitrogen and oxygen atoms in total. The van der Waals surface area contributed by atoms with E-state index in [9.17, 15) is 4.39 Å². The molecule has 1 heterocycles. The Morgan fingerprint density at radius 1 is 1.53 bits per heavy atom. The zero-order valence-electron chi connectivity index (χ0n) is 10.4. The predicted molar refractivity (Wildman–Crippen MR) is 72.3 cm³/mol. The van der Waals surface area contributed by atoms with Crippen LogP contribution in [0.3, 0.4) is 0 Å². The third kappa shape index (κ3) is 2.85. The van der Waals surface area contributed by atoms with E-state index in [2.05, 4.69) is 10.1 Å². The van der Waals surface area contributed by atoms with E-state index in [1.165, 1.54) is 24.1 Å². The van der Waals surface area contributed by atoms with Crippen LogP contribution in [-0.2, 0) is 0 Å². The van der Waals surface area contributed by atoms with Gasteiger partial charge in [-0.05, 0) is 24.6 Å². The van der Waals surface area contributed by atoms with Gasteiger partial charge in [0, 0.05) is 0 Å². The number of hydrogen-bond acceptors (Lipinski definition) is 4. The number of imidazole rings is 1. The molecule has 0 fully saturated rings. The zero-order chi connectivity index (χ0) is 14.0. The third-order valence-corrected chi connectivity index (χ3v) is 2.67. The summed E-state index contributed by atoms with van der Waals surface area (Å²) in [5.74, 6) is -0.281. The molecule has 100 valence electrons. The maximum atomic E-state index is 13.6. The Hall–Kier alpha value is -2.08. The highest BCUT2D eigenvalue weighted by Gasteiger charge is 2.09. The van der Waals surface area contributed by atoms with E-state index in [4.69, 9.17) is 22.1 Å². The summed E-state index contributed by atoms with van der Waals surface area (Å²) in [5, 5.41) is 4.25. The highest BCUT2D eigenvalue weighted by molar-refractivity contribution is 6.32. The number of nitrogen functional groups attached to an aromatic ring is 1. The molecule has 0 aliphatic carbocycles. The van der Waals surface area contributed by atoms with Gasteiger partial charge in [0.1, 0.15) is 0 Å². The summed E-state index contributed by atoms with van der Waals surface area (Å²) in [6.45, 7) is 1.80. The van der Waals surface area contributed by atoms with Crippen molar-refractivity contribution in [1.82, 2.24) is 9.66 Å². The van der Waals surface area contributed by atoms with Gasteiger partial charge in [-0.25, -0.2) is 14.1 Å². The second-order valence-corrected chi connectivity index (χ2v) is 4.25. The van der Waals surface area contributed by atoms with Crippen LogP contribution in [0.15, 0.2) is 23.4 Å². The van der Waals surface area contributed by atoms with Crippen LogP contribution < -0.4 is 10.5 Å². The lowest BCUT2D eigenvalue weighted by atomic mass is 10.2. The average Bonchev–Trinajstić information content (AvgIpc) is 2.65. The van der Waals surface area contributed by atoms with Gasteiger partial charge in [-0.15, -0.1) is 0 Å². The lowest BCUT2D eigenvalue weighted by Crippen LogP contribution is -1.97. The Morgan fingerprint density at radius 3 is 2.79 bits per heavy atom. The molecule has 1 aromatic carbocycles. The molecule has 0 amide bonds. The first kappa shape index (κ1) is 13.4. The standard InChI is InChI=1S/C12H12ClFN4O/c1-7-6-18(12(15)17-7)16-5-8-3-9(13)11(19-2)10(14)4-8/h3-6H,1-2H3,(H2,15,17). The van der Waals surface area contributed by atoms with Gasteiger partial charge in [-0.3, -0.25) is 0 Å². The van der Waals surface area contributed by atoms with Crippen molar-refractivity contribution in [3.8, 4) is 5.75 Å². The second-order valence-electron chi connectivity index (χ2n) is 3.85. The van der Waals surface area contributed by atoms with Gasteiger partial charge in [0.2, 0.25) is 5.95 Å². The van der Waals surface area contributed by atoms with Crippen LogP contribution in [0, 0.1) is 12.7 Å². The fourth-order valence-electron chi connectivity index (χ4n) is 1.57. The van der Waals surface area contributed by atoms with E-state index < -0.39 is 5.82 Å². The Kier molecular flexibility index (Phi) is 3.71. The first-order valence-electron chi connectivity index (χ1n) is 5.40. The molecular formula is C12H12ClFN4O. The second kappa shape index (κ2) is 5.27. The number of halogens is 2. The molecule has 0 saturated heterocycles. The van der Waals surface area contributed by atoms with Gasteiger partial charge in [-0.1, -0.05) is 11.6 Å². The molecule has 19 heavy (non-hydrogen) atoms. The molecule has 0 saturated carbocycles. The Bertz CT molecular complexity index is 616. The fourth-order valence-corrected chi connectivity index (χ4v) is 1.87. The summed E-state index contributed by atoms with van der Waals surface area (Å²) in [7, 11) is 1.35. The molecule has 0 aliphatic rings. The van der Waals surface area contributed by atoms with Gasteiger partial charge < -0.3 is 10.5 Å². The number of ether oxygens (including phenoxy) is 1. The van der Waals surface area contributed by atoms with Gasteiger partial charge in [0.25, 0.3) is 0 Å². The molecule has 1 aromatic heterocycles. The largest absolute Gasteiger partial charge is 0.492 e. The number of aromatic nitrogens is 2. The molecule has 2 rings (SSSR count). The molecule has 0 aliphatic heterocycles. The van der Waals surface area contributed by atoms with Crippen molar-refractivity contribution in [3.05, 3.63) is 40.4 Å². The smallest absolute Gasteiger partial charge is 0.221 e. The molecular weight excluding hydrogens is 271 g/mol.